The molecule has 1 atom stereocenters. The van der Waals surface area contributed by atoms with Gasteiger partial charge in [-0.2, -0.15) is 0 Å². The highest BCUT2D eigenvalue weighted by Crippen LogP contribution is 2.40. The maximum Gasteiger partial charge on any atom is 0.134 e. The number of benzene rings is 2. The largest absolute Gasteiger partial charge is 0.497 e. The Morgan fingerprint density at radius 3 is 2.38 bits per heavy atom. The Kier molecular flexibility index (Phi) is 3.95. The summed E-state index contributed by atoms with van der Waals surface area (Å²) in [5, 5.41) is 1.07. The summed E-state index contributed by atoms with van der Waals surface area (Å²) in [6.07, 6.45) is 0. The van der Waals surface area contributed by atoms with Gasteiger partial charge in [0.25, 0.3) is 0 Å². The van der Waals surface area contributed by atoms with Crippen molar-refractivity contribution in [3.8, 4) is 5.75 Å². The van der Waals surface area contributed by atoms with Crippen LogP contribution in [0.3, 0.4) is 0 Å². The van der Waals surface area contributed by atoms with Crippen molar-refractivity contribution in [2.45, 2.75) is 4.83 Å². The summed E-state index contributed by atoms with van der Waals surface area (Å²) in [4.78, 5) is 0.333. The van der Waals surface area contributed by atoms with E-state index >= 15 is 0 Å². The van der Waals surface area contributed by atoms with Gasteiger partial charge in [0.15, 0.2) is 0 Å². The van der Waals surface area contributed by atoms with E-state index in [1.807, 2.05) is 30.3 Å². The van der Waals surface area contributed by atoms with Crippen molar-refractivity contribution in [3.05, 3.63) is 64.5 Å². The number of alkyl halides is 1. The highest BCUT2D eigenvalue weighted by atomic mass is 79.9. The van der Waals surface area contributed by atoms with Gasteiger partial charge in [0.2, 0.25) is 0 Å². The minimum absolute atomic E-state index is 0.00218. The van der Waals surface area contributed by atoms with Crippen LogP contribution in [0.4, 0.5) is 8.78 Å². The Morgan fingerprint density at radius 1 is 1.10 bits per heavy atom. The van der Waals surface area contributed by atoms with Gasteiger partial charge in [0.1, 0.15) is 17.4 Å². The molecule has 0 aliphatic carbocycles. The standard InChI is InChI=1S/C16H11BrF2OS/c1-20-10-7-11(18)15(12(19)8-10)16(17)14-6-9-4-2-3-5-13(9)21-14/h2-8,16H,1H3. The average Bonchev–Trinajstić information content (AvgIpc) is 2.90. The van der Waals surface area contributed by atoms with E-state index in [-0.39, 0.29) is 11.3 Å². The first-order chi connectivity index (χ1) is 10.1. The van der Waals surface area contributed by atoms with Gasteiger partial charge in [-0.15, -0.1) is 11.3 Å². The van der Waals surface area contributed by atoms with Crippen LogP contribution >= 0.6 is 27.3 Å². The number of methoxy groups -OCH3 is 1. The molecule has 5 heteroatoms. The molecule has 2 aromatic carbocycles. The average molecular weight is 369 g/mol. The minimum Gasteiger partial charge on any atom is -0.497 e. The molecule has 0 fully saturated rings. The molecule has 0 amide bonds. The minimum atomic E-state index is -0.619. The normalized spacial score (nSPS) is 12.6. The molecule has 1 aromatic heterocycles. The summed E-state index contributed by atoms with van der Waals surface area (Å²) in [5.41, 5.74) is 0.00218. The molecule has 0 saturated carbocycles. The fourth-order valence-electron chi connectivity index (χ4n) is 2.19. The van der Waals surface area contributed by atoms with E-state index < -0.39 is 16.5 Å². The fourth-order valence-corrected chi connectivity index (χ4v) is 4.09. The van der Waals surface area contributed by atoms with E-state index in [0.29, 0.717) is 0 Å². The Bertz CT molecular complexity index is 744. The quantitative estimate of drug-likeness (QED) is 0.541. The number of hydrogen-bond acceptors (Lipinski definition) is 2. The molecule has 0 aliphatic heterocycles. The number of halogens is 3. The highest BCUT2D eigenvalue weighted by molar-refractivity contribution is 9.09. The van der Waals surface area contributed by atoms with Gasteiger partial charge in [-0.3, -0.25) is 0 Å². The van der Waals surface area contributed by atoms with E-state index in [9.17, 15) is 8.78 Å². The van der Waals surface area contributed by atoms with Crippen LogP contribution in [-0.2, 0) is 0 Å². The lowest BCUT2D eigenvalue weighted by molar-refractivity contribution is 0.405. The Hall–Kier alpha value is -1.46. The molecule has 1 nitrogen and oxygen atoms in total. The Labute approximate surface area is 133 Å². The number of hydrogen-bond donors (Lipinski definition) is 0. The number of ether oxygens (including phenoxy) is 1. The van der Waals surface area contributed by atoms with E-state index in [1.54, 1.807) is 0 Å². The predicted molar refractivity (Wildman–Crippen MR) is 85.5 cm³/mol. The third kappa shape index (κ3) is 2.68. The van der Waals surface area contributed by atoms with Crippen molar-refractivity contribution in [2.24, 2.45) is 0 Å². The summed E-state index contributed by atoms with van der Waals surface area (Å²) in [6.45, 7) is 0. The van der Waals surface area contributed by atoms with Crippen LogP contribution in [0.5, 0.6) is 5.75 Å². The Morgan fingerprint density at radius 2 is 1.76 bits per heavy atom. The fraction of sp³-hybridized carbons (Fsp3) is 0.125. The molecule has 0 aliphatic rings. The zero-order valence-corrected chi connectivity index (χ0v) is 13.5. The summed E-state index contributed by atoms with van der Waals surface area (Å²) in [5.74, 6) is -1.07. The zero-order chi connectivity index (χ0) is 15.0. The molecule has 0 spiro atoms. The number of fused-ring (bicyclic) bond motifs is 1. The number of rotatable bonds is 3. The van der Waals surface area contributed by atoms with Gasteiger partial charge >= 0.3 is 0 Å². The molecule has 0 bridgehead atoms. The maximum absolute atomic E-state index is 14.1. The van der Waals surface area contributed by atoms with Gasteiger partial charge in [-0.1, -0.05) is 34.1 Å². The van der Waals surface area contributed by atoms with E-state index in [2.05, 4.69) is 15.9 Å². The molecule has 0 radical (unpaired) electrons. The molecular formula is C16H11BrF2OS. The van der Waals surface area contributed by atoms with Crippen molar-refractivity contribution < 1.29 is 13.5 Å². The van der Waals surface area contributed by atoms with Gasteiger partial charge in [-0.05, 0) is 17.5 Å². The second-order valence-corrected chi connectivity index (χ2v) is 6.58. The topological polar surface area (TPSA) is 9.23 Å². The second-order valence-electron chi connectivity index (χ2n) is 4.55. The SMILES string of the molecule is COc1cc(F)c(C(Br)c2cc3ccccc3s2)c(F)c1. The van der Waals surface area contributed by atoms with Crippen LogP contribution in [0.2, 0.25) is 0 Å². The van der Waals surface area contributed by atoms with Crippen molar-refractivity contribution in [1.82, 2.24) is 0 Å². The van der Waals surface area contributed by atoms with E-state index in [0.717, 1.165) is 15.0 Å². The number of thiophene rings is 1. The lowest BCUT2D eigenvalue weighted by atomic mass is 10.1. The van der Waals surface area contributed by atoms with Gasteiger partial charge in [-0.25, -0.2) is 8.78 Å². The monoisotopic (exact) mass is 368 g/mol. The van der Waals surface area contributed by atoms with Gasteiger partial charge < -0.3 is 4.74 Å². The van der Waals surface area contributed by atoms with Crippen LogP contribution < -0.4 is 4.74 Å². The molecule has 21 heavy (non-hydrogen) atoms. The first kappa shape index (κ1) is 14.5. The third-order valence-corrected chi connectivity index (χ3v) is 5.67. The summed E-state index contributed by atoms with van der Waals surface area (Å²) < 4.78 is 34.2. The molecule has 1 heterocycles. The summed E-state index contributed by atoms with van der Waals surface area (Å²) in [7, 11) is 1.38. The lowest BCUT2D eigenvalue weighted by Crippen LogP contribution is -2.00. The molecule has 108 valence electrons. The van der Waals surface area contributed by atoms with Crippen LogP contribution in [0.15, 0.2) is 42.5 Å². The highest BCUT2D eigenvalue weighted by Gasteiger charge is 2.22. The predicted octanol–water partition coefficient (Wildman–Crippen LogP) is 5.67. The third-order valence-electron chi connectivity index (χ3n) is 3.24. The molecule has 0 N–H and O–H groups in total. The summed E-state index contributed by atoms with van der Waals surface area (Å²) >= 11 is 4.93. The van der Waals surface area contributed by atoms with Crippen molar-refractivity contribution >= 4 is 37.4 Å². The van der Waals surface area contributed by atoms with Crippen LogP contribution in [0.1, 0.15) is 15.3 Å². The van der Waals surface area contributed by atoms with Crippen molar-refractivity contribution in [3.63, 3.8) is 0 Å². The second kappa shape index (κ2) is 5.73. The Balaban J connectivity index is 2.07. The van der Waals surface area contributed by atoms with Crippen LogP contribution in [0, 0.1) is 11.6 Å². The first-order valence-electron chi connectivity index (χ1n) is 6.25. The van der Waals surface area contributed by atoms with E-state index in [1.165, 1.54) is 30.6 Å². The zero-order valence-electron chi connectivity index (χ0n) is 11.1. The molecule has 1 unspecified atom stereocenters. The lowest BCUT2D eigenvalue weighted by Gasteiger charge is -2.12. The van der Waals surface area contributed by atoms with Gasteiger partial charge in [0, 0.05) is 27.3 Å². The van der Waals surface area contributed by atoms with Crippen molar-refractivity contribution in [1.29, 1.82) is 0 Å². The summed E-state index contributed by atoms with van der Waals surface area (Å²) in [6, 6.07) is 12.2. The maximum atomic E-state index is 14.1. The molecule has 0 saturated heterocycles. The molecular weight excluding hydrogens is 358 g/mol. The van der Waals surface area contributed by atoms with E-state index in [4.69, 9.17) is 4.74 Å². The van der Waals surface area contributed by atoms with Crippen molar-refractivity contribution in [2.75, 3.05) is 7.11 Å². The van der Waals surface area contributed by atoms with Gasteiger partial charge in [0.05, 0.1) is 11.9 Å². The smallest absolute Gasteiger partial charge is 0.134 e. The van der Waals surface area contributed by atoms with Crippen LogP contribution in [0.25, 0.3) is 10.1 Å². The first-order valence-corrected chi connectivity index (χ1v) is 7.99. The molecule has 3 aromatic rings. The van der Waals surface area contributed by atoms with Crippen LogP contribution in [-0.4, -0.2) is 7.11 Å². The molecule has 3 rings (SSSR count).